The van der Waals surface area contributed by atoms with Crippen molar-refractivity contribution in [2.75, 3.05) is 4.90 Å². The van der Waals surface area contributed by atoms with Gasteiger partial charge in [-0.25, -0.2) is 0 Å². The van der Waals surface area contributed by atoms with E-state index in [2.05, 4.69) is 158 Å². The number of fused-ring (bicyclic) bond motifs is 11. The summed E-state index contributed by atoms with van der Waals surface area (Å²) >= 11 is 1.85. The van der Waals surface area contributed by atoms with Gasteiger partial charge in [0.1, 0.15) is 11.2 Å². The van der Waals surface area contributed by atoms with Crippen molar-refractivity contribution in [3.8, 4) is 11.1 Å². The molecular weight excluding hydrogens is 579 g/mol. The van der Waals surface area contributed by atoms with Crippen LogP contribution in [0.2, 0.25) is 0 Å². The van der Waals surface area contributed by atoms with Crippen molar-refractivity contribution >= 4 is 81.3 Å². The third-order valence-electron chi connectivity index (χ3n) is 10.0. The number of rotatable bonds is 3. The van der Waals surface area contributed by atoms with Gasteiger partial charge in [-0.15, -0.1) is 11.3 Å². The van der Waals surface area contributed by atoms with Gasteiger partial charge in [-0.3, -0.25) is 0 Å². The van der Waals surface area contributed by atoms with E-state index in [-0.39, 0.29) is 5.41 Å². The van der Waals surface area contributed by atoms with E-state index >= 15 is 0 Å². The van der Waals surface area contributed by atoms with Crippen LogP contribution in [0.4, 0.5) is 17.1 Å². The Morgan fingerprint density at radius 2 is 1.20 bits per heavy atom. The first-order valence-electron chi connectivity index (χ1n) is 15.8. The van der Waals surface area contributed by atoms with Crippen molar-refractivity contribution in [3.05, 3.63) is 151 Å². The minimum absolute atomic E-state index is 0.0419. The van der Waals surface area contributed by atoms with Crippen LogP contribution < -0.4 is 4.90 Å². The Morgan fingerprint density at radius 3 is 2.13 bits per heavy atom. The molecule has 0 aliphatic heterocycles. The molecule has 0 spiro atoms. The number of anilines is 3. The smallest absolute Gasteiger partial charge is 0.137 e. The van der Waals surface area contributed by atoms with Crippen molar-refractivity contribution in [1.82, 2.24) is 0 Å². The Labute approximate surface area is 270 Å². The molecule has 0 saturated heterocycles. The third kappa shape index (κ3) is 3.58. The van der Waals surface area contributed by atoms with Crippen LogP contribution in [0.15, 0.2) is 144 Å². The maximum atomic E-state index is 6.56. The van der Waals surface area contributed by atoms with Crippen LogP contribution in [-0.4, -0.2) is 0 Å². The molecule has 10 rings (SSSR count). The van der Waals surface area contributed by atoms with Gasteiger partial charge in [0.05, 0.1) is 0 Å². The van der Waals surface area contributed by atoms with Crippen molar-refractivity contribution < 1.29 is 4.42 Å². The van der Waals surface area contributed by atoms with Gasteiger partial charge in [0, 0.05) is 59.5 Å². The molecule has 0 radical (unpaired) electrons. The zero-order valence-corrected chi connectivity index (χ0v) is 26.4. The fraction of sp³-hybridized carbons (Fsp3) is 0.0698. The largest absolute Gasteiger partial charge is 0.456 e. The summed E-state index contributed by atoms with van der Waals surface area (Å²) in [6, 6.07) is 51.0. The summed E-state index contributed by atoms with van der Waals surface area (Å²) in [5.41, 5.74) is 10.5. The minimum Gasteiger partial charge on any atom is -0.456 e. The summed E-state index contributed by atoms with van der Waals surface area (Å²) in [6.07, 6.45) is 0. The maximum absolute atomic E-state index is 6.56. The van der Waals surface area contributed by atoms with Gasteiger partial charge in [0.25, 0.3) is 0 Å². The van der Waals surface area contributed by atoms with Crippen molar-refractivity contribution in [2.45, 2.75) is 19.3 Å². The zero-order valence-electron chi connectivity index (χ0n) is 25.5. The molecule has 0 fully saturated rings. The lowest BCUT2D eigenvalue weighted by atomic mass is 9.82. The molecule has 0 amide bonds. The van der Waals surface area contributed by atoms with Gasteiger partial charge in [0.2, 0.25) is 0 Å². The molecule has 1 aliphatic carbocycles. The Bertz CT molecular complexity index is 2690. The lowest BCUT2D eigenvalue weighted by Crippen LogP contribution is -2.15. The van der Waals surface area contributed by atoms with Crippen LogP contribution in [0.25, 0.3) is 64.0 Å². The highest BCUT2D eigenvalue weighted by molar-refractivity contribution is 7.25. The summed E-state index contributed by atoms with van der Waals surface area (Å²) < 4.78 is 9.17. The first-order chi connectivity index (χ1) is 22.5. The summed E-state index contributed by atoms with van der Waals surface area (Å²) in [5, 5.41) is 7.34. The van der Waals surface area contributed by atoms with Crippen LogP contribution in [0.5, 0.6) is 0 Å². The van der Waals surface area contributed by atoms with Crippen molar-refractivity contribution in [2.24, 2.45) is 0 Å². The quantitative estimate of drug-likeness (QED) is 0.199. The standard InChI is InChI=1S/C43H29NOS/c1-43(2)36-13-7-5-11-31(36)34-23-27(17-20-37(34)43)44(28-18-22-41-35(24-28)32-12-6-8-14-40(32)46-41)29-16-19-33-39(25-29)45-38-21-15-26-9-3-4-10-30(26)42(33)38/h3-25H,1-2H3. The van der Waals surface area contributed by atoms with Gasteiger partial charge < -0.3 is 9.32 Å². The summed E-state index contributed by atoms with van der Waals surface area (Å²) in [5.74, 6) is 0. The minimum atomic E-state index is -0.0419. The average molecular weight is 608 g/mol. The van der Waals surface area contributed by atoms with E-state index in [1.54, 1.807) is 0 Å². The van der Waals surface area contributed by atoms with Crippen LogP contribution in [0.3, 0.4) is 0 Å². The van der Waals surface area contributed by atoms with Gasteiger partial charge in [-0.2, -0.15) is 0 Å². The maximum Gasteiger partial charge on any atom is 0.137 e. The number of nitrogens with zero attached hydrogens (tertiary/aromatic N) is 1. The molecular formula is C43H29NOS. The normalized spacial score (nSPS) is 13.6. The Morgan fingerprint density at radius 1 is 0.500 bits per heavy atom. The van der Waals surface area contributed by atoms with E-state index in [4.69, 9.17) is 4.42 Å². The highest BCUT2D eigenvalue weighted by Crippen LogP contribution is 2.51. The number of hydrogen-bond donors (Lipinski definition) is 0. The zero-order chi connectivity index (χ0) is 30.6. The molecule has 218 valence electrons. The summed E-state index contributed by atoms with van der Waals surface area (Å²) in [6.45, 7) is 4.67. The second-order valence-corrected chi connectivity index (χ2v) is 14.0. The summed E-state index contributed by atoms with van der Waals surface area (Å²) in [7, 11) is 0. The number of thiophene rings is 1. The Hall–Kier alpha value is -5.38. The van der Waals surface area contributed by atoms with Crippen LogP contribution in [-0.2, 0) is 5.41 Å². The Balaban J connectivity index is 1.22. The molecule has 3 heteroatoms. The highest BCUT2D eigenvalue weighted by Gasteiger charge is 2.35. The number of furan rings is 1. The molecule has 2 nitrogen and oxygen atoms in total. The van der Waals surface area contributed by atoms with E-state index in [0.717, 1.165) is 33.6 Å². The molecule has 0 saturated carbocycles. The topological polar surface area (TPSA) is 16.4 Å². The second kappa shape index (κ2) is 9.32. The fourth-order valence-electron chi connectivity index (χ4n) is 7.82. The summed E-state index contributed by atoms with van der Waals surface area (Å²) in [4.78, 5) is 2.39. The number of hydrogen-bond acceptors (Lipinski definition) is 3. The lowest BCUT2D eigenvalue weighted by Gasteiger charge is -2.27. The molecule has 2 aromatic heterocycles. The van der Waals surface area contributed by atoms with E-state index in [0.29, 0.717) is 0 Å². The average Bonchev–Trinajstić information content (AvgIpc) is 3.72. The molecule has 0 unspecified atom stereocenters. The second-order valence-electron chi connectivity index (χ2n) is 13.0. The van der Waals surface area contributed by atoms with Gasteiger partial charge in [-0.05, 0) is 87.6 Å². The molecule has 7 aromatic carbocycles. The molecule has 1 aliphatic rings. The SMILES string of the molecule is CC1(C)c2ccccc2-c2cc(N(c3ccc4c(c3)oc3ccc5ccccc5c34)c3ccc4sc5ccccc5c4c3)ccc21. The predicted octanol–water partition coefficient (Wildman–Crippen LogP) is 12.9. The first kappa shape index (κ1) is 25.9. The van der Waals surface area contributed by atoms with Gasteiger partial charge >= 0.3 is 0 Å². The van der Waals surface area contributed by atoms with Crippen molar-refractivity contribution in [3.63, 3.8) is 0 Å². The molecule has 0 atom stereocenters. The molecule has 46 heavy (non-hydrogen) atoms. The van der Waals surface area contributed by atoms with Gasteiger partial charge in [-0.1, -0.05) is 92.7 Å². The van der Waals surface area contributed by atoms with Crippen LogP contribution >= 0.6 is 11.3 Å². The fourth-order valence-corrected chi connectivity index (χ4v) is 8.91. The molecule has 0 bridgehead atoms. The van der Waals surface area contributed by atoms with E-state index in [1.165, 1.54) is 58.6 Å². The predicted molar refractivity (Wildman–Crippen MR) is 196 cm³/mol. The van der Waals surface area contributed by atoms with Crippen LogP contribution in [0, 0.1) is 0 Å². The Kier molecular flexibility index (Phi) is 5.25. The number of benzene rings is 7. The van der Waals surface area contributed by atoms with Gasteiger partial charge in [0.15, 0.2) is 0 Å². The first-order valence-corrected chi connectivity index (χ1v) is 16.7. The lowest BCUT2D eigenvalue weighted by molar-refractivity contribution is 0.660. The molecule has 9 aromatic rings. The van der Waals surface area contributed by atoms with E-state index in [9.17, 15) is 0 Å². The van der Waals surface area contributed by atoms with Crippen molar-refractivity contribution in [1.29, 1.82) is 0 Å². The molecule has 2 heterocycles. The third-order valence-corrected chi connectivity index (χ3v) is 11.2. The monoisotopic (exact) mass is 607 g/mol. The highest BCUT2D eigenvalue weighted by atomic mass is 32.1. The van der Waals surface area contributed by atoms with E-state index < -0.39 is 0 Å². The van der Waals surface area contributed by atoms with Crippen LogP contribution in [0.1, 0.15) is 25.0 Å². The van der Waals surface area contributed by atoms with E-state index in [1.807, 2.05) is 11.3 Å². The molecule has 0 N–H and O–H groups in total.